The minimum atomic E-state index is -3.89. The van der Waals surface area contributed by atoms with Gasteiger partial charge in [0.2, 0.25) is 0 Å². The molecule has 0 saturated carbocycles. The van der Waals surface area contributed by atoms with E-state index in [4.69, 9.17) is 10.8 Å². The first-order valence-electron chi connectivity index (χ1n) is 3.72. The van der Waals surface area contributed by atoms with E-state index in [1.54, 1.807) is 0 Å². The van der Waals surface area contributed by atoms with Gasteiger partial charge in [-0.2, -0.15) is 8.42 Å². The van der Waals surface area contributed by atoms with Gasteiger partial charge in [0.1, 0.15) is 6.04 Å². The van der Waals surface area contributed by atoms with Crippen LogP contribution in [0.25, 0.3) is 0 Å². The number of rotatable bonds is 5. The van der Waals surface area contributed by atoms with Crippen LogP contribution >= 0.6 is 0 Å². The summed E-state index contributed by atoms with van der Waals surface area (Å²) in [5.41, 5.74) is 4.98. The van der Waals surface area contributed by atoms with Crippen molar-refractivity contribution in [3.8, 4) is 0 Å². The summed E-state index contributed by atoms with van der Waals surface area (Å²) < 4.78 is 25.5. The first-order valence-corrected chi connectivity index (χ1v) is 5.29. The van der Waals surface area contributed by atoms with E-state index in [9.17, 15) is 18.0 Å². The van der Waals surface area contributed by atoms with Crippen molar-refractivity contribution in [2.75, 3.05) is 5.75 Å². The number of hydrogen-bond donors (Lipinski definition) is 2. The van der Waals surface area contributed by atoms with Crippen molar-refractivity contribution in [1.82, 2.24) is 0 Å². The summed E-state index contributed by atoms with van der Waals surface area (Å²) in [5, 5.41) is 8.30. The van der Waals surface area contributed by atoms with E-state index >= 15 is 0 Å². The Balaban J connectivity index is 4.19. The second-order valence-electron chi connectivity index (χ2n) is 2.45. The van der Waals surface area contributed by atoms with Gasteiger partial charge in [0.15, 0.2) is 0 Å². The molecule has 0 saturated heterocycles. The second kappa shape index (κ2) is 4.91. The Kier molecular flexibility index (Phi) is 4.51. The van der Waals surface area contributed by atoms with Gasteiger partial charge in [-0.15, -0.1) is 0 Å². The molecule has 14 heavy (non-hydrogen) atoms. The molecule has 0 aromatic carbocycles. The summed E-state index contributed by atoms with van der Waals surface area (Å²) >= 11 is 0. The number of carbonyl (C=O) groups excluding carboxylic acids is 1. The lowest BCUT2D eigenvalue weighted by atomic mass is 10.2. The standard InChI is InChI=1S/C6H11NO6S/c1-2-14(11,12)13-5(8)3-4(7)6(9)10/h4H,2-3,7H2,1H3,(H,9,10)/t4-/m0/s1. The van der Waals surface area contributed by atoms with E-state index < -0.39 is 34.5 Å². The van der Waals surface area contributed by atoms with E-state index in [-0.39, 0.29) is 5.75 Å². The maximum atomic E-state index is 10.8. The quantitative estimate of drug-likeness (QED) is 0.556. The molecule has 0 bridgehead atoms. The van der Waals surface area contributed by atoms with Crippen LogP contribution in [0, 0.1) is 0 Å². The molecule has 0 fully saturated rings. The summed E-state index contributed by atoms with van der Waals surface area (Å²) in [7, 11) is -3.89. The molecule has 0 heterocycles. The van der Waals surface area contributed by atoms with Crippen LogP contribution in [0.2, 0.25) is 0 Å². The number of hydrogen-bond acceptors (Lipinski definition) is 6. The minimum Gasteiger partial charge on any atom is -0.480 e. The van der Waals surface area contributed by atoms with Gasteiger partial charge in [-0.05, 0) is 6.92 Å². The van der Waals surface area contributed by atoms with Gasteiger partial charge >= 0.3 is 22.1 Å². The maximum absolute atomic E-state index is 10.8. The fourth-order valence-corrected chi connectivity index (χ4v) is 0.971. The molecule has 0 aliphatic heterocycles. The van der Waals surface area contributed by atoms with Gasteiger partial charge in [-0.1, -0.05) is 0 Å². The molecular weight excluding hydrogens is 214 g/mol. The molecule has 0 aromatic heterocycles. The molecule has 0 unspecified atom stereocenters. The Morgan fingerprint density at radius 2 is 2.00 bits per heavy atom. The zero-order valence-electron chi connectivity index (χ0n) is 7.47. The summed E-state index contributed by atoms with van der Waals surface area (Å²) in [6, 6.07) is -1.45. The maximum Gasteiger partial charge on any atom is 0.324 e. The van der Waals surface area contributed by atoms with Crippen LogP contribution < -0.4 is 5.73 Å². The highest BCUT2D eigenvalue weighted by atomic mass is 32.2. The van der Waals surface area contributed by atoms with Crippen LogP contribution in [0.4, 0.5) is 0 Å². The predicted molar refractivity (Wildman–Crippen MR) is 45.8 cm³/mol. The Morgan fingerprint density at radius 3 is 2.36 bits per heavy atom. The van der Waals surface area contributed by atoms with E-state index in [0.717, 1.165) is 0 Å². The van der Waals surface area contributed by atoms with Crippen molar-refractivity contribution in [2.24, 2.45) is 5.73 Å². The van der Waals surface area contributed by atoms with Crippen LogP contribution in [-0.2, 0) is 23.9 Å². The van der Waals surface area contributed by atoms with Gasteiger partial charge in [-0.25, -0.2) is 0 Å². The summed E-state index contributed by atoms with van der Waals surface area (Å²) in [4.78, 5) is 21.0. The molecule has 1 atom stereocenters. The third-order valence-corrected chi connectivity index (χ3v) is 2.42. The molecular formula is C6H11NO6S. The van der Waals surface area contributed by atoms with Crippen molar-refractivity contribution in [2.45, 2.75) is 19.4 Å². The van der Waals surface area contributed by atoms with Crippen molar-refractivity contribution >= 4 is 22.1 Å². The Hall–Kier alpha value is -1.15. The molecule has 3 N–H and O–H groups in total. The summed E-state index contributed by atoms with van der Waals surface area (Å²) in [5.74, 6) is -2.92. The first-order chi connectivity index (χ1) is 6.28. The normalized spacial score (nSPS) is 13.3. The van der Waals surface area contributed by atoms with E-state index in [1.165, 1.54) is 6.92 Å². The third kappa shape index (κ3) is 4.77. The molecule has 0 aromatic rings. The fraction of sp³-hybridized carbons (Fsp3) is 0.667. The van der Waals surface area contributed by atoms with E-state index in [2.05, 4.69) is 4.18 Å². The van der Waals surface area contributed by atoms with E-state index in [1.807, 2.05) is 0 Å². The topological polar surface area (TPSA) is 124 Å². The molecule has 0 spiro atoms. The molecule has 0 aliphatic carbocycles. The lowest BCUT2D eigenvalue weighted by Crippen LogP contribution is -2.33. The number of carboxylic acid groups (broad SMARTS) is 1. The van der Waals surface area contributed by atoms with Crippen LogP contribution in [0.5, 0.6) is 0 Å². The van der Waals surface area contributed by atoms with Crippen LogP contribution in [0.15, 0.2) is 0 Å². The van der Waals surface area contributed by atoms with Gasteiger partial charge in [0.25, 0.3) is 0 Å². The fourth-order valence-electron chi connectivity index (χ4n) is 0.501. The number of aliphatic carboxylic acids is 1. The highest BCUT2D eigenvalue weighted by Gasteiger charge is 2.21. The average molecular weight is 225 g/mol. The zero-order valence-corrected chi connectivity index (χ0v) is 8.28. The lowest BCUT2D eigenvalue weighted by molar-refractivity contribution is -0.143. The van der Waals surface area contributed by atoms with Crippen molar-refractivity contribution in [1.29, 1.82) is 0 Å². The lowest BCUT2D eigenvalue weighted by Gasteiger charge is -2.05. The van der Waals surface area contributed by atoms with Crippen LogP contribution in [-0.4, -0.2) is 37.3 Å². The Bertz CT molecular complexity index is 321. The SMILES string of the molecule is CCS(=O)(=O)OC(=O)C[C@H](N)C(=O)O. The summed E-state index contributed by atoms with van der Waals surface area (Å²) in [6.45, 7) is 1.29. The molecule has 0 rings (SSSR count). The molecule has 82 valence electrons. The van der Waals surface area contributed by atoms with Crippen molar-refractivity contribution in [3.05, 3.63) is 0 Å². The van der Waals surface area contributed by atoms with Crippen molar-refractivity contribution in [3.63, 3.8) is 0 Å². The molecule has 0 aliphatic rings. The largest absolute Gasteiger partial charge is 0.480 e. The number of carboxylic acids is 1. The van der Waals surface area contributed by atoms with Gasteiger partial charge in [-0.3, -0.25) is 9.59 Å². The minimum absolute atomic E-state index is 0.360. The van der Waals surface area contributed by atoms with Crippen LogP contribution in [0.1, 0.15) is 13.3 Å². The average Bonchev–Trinajstić information content (AvgIpc) is 2.02. The first kappa shape index (κ1) is 12.8. The van der Waals surface area contributed by atoms with Crippen LogP contribution in [0.3, 0.4) is 0 Å². The second-order valence-corrected chi connectivity index (χ2v) is 4.31. The Labute approximate surface area is 81.0 Å². The molecule has 0 amide bonds. The monoisotopic (exact) mass is 225 g/mol. The predicted octanol–water partition coefficient (Wildman–Crippen LogP) is -1.32. The van der Waals surface area contributed by atoms with E-state index in [0.29, 0.717) is 0 Å². The zero-order chi connectivity index (χ0) is 11.4. The number of carbonyl (C=O) groups is 2. The molecule has 7 nitrogen and oxygen atoms in total. The Morgan fingerprint density at radius 1 is 1.50 bits per heavy atom. The van der Waals surface area contributed by atoms with Gasteiger partial charge in [0.05, 0.1) is 12.2 Å². The summed E-state index contributed by atoms with van der Waals surface area (Å²) in [6.07, 6.45) is -0.672. The van der Waals surface area contributed by atoms with Gasteiger partial charge < -0.3 is 15.0 Å². The third-order valence-electron chi connectivity index (χ3n) is 1.28. The highest BCUT2D eigenvalue weighted by Crippen LogP contribution is 1.98. The smallest absolute Gasteiger partial charge is 0.324 e. The van der Waals surface area contributed by atoms with Crippen molar-refractivity contribution < 1.29 is 27.3 Å². The number of nitrogens with two attached hydrogens (primary N) is 1. The van der Waals surface area contributed by atoms with Gasteiger partial charge in [0, 0.05) is 0 Å². The molecule has 8 heteroatoms. The highest BCUT2D eigenvalue weighted by molar-refractivity contribution is 7.87. The molecule has 0 radical (unpaired) electrons.